The van der Waals surface area contributed by atoms with E-state index in [-0.39, 0.29) is 237 Å². The molecule has 3 aliphatic heterocycles. The van der Waals surface area contributed by atoms with E-state index in [0.717, 1.165) is 52.9 Å². The maximum absolute atomic E-state index is 15.8. The first-order valence-corrected chi connectivity index (χ1v) is 53.7. The molecule has 0 aliphatic carbocycles. The SMILES string of the molecule is Cc1ncsc1-c1ccc(CNC(=O)[C@@H]2C[C@@H](OC(=O)OCC(C)(C)SS(C)(=O)=O)CN2C(=O)[C@@H](NC(=O)CCCC(=O)N(CCOCCOCCOCCNC(=O)c2cc3c(cc2CS(C)(=O)=O)-c2cn(C)c(=O)c4[nH]cc(c24)CN3c2ncc(F)cc2F)CCOCCOCCOCCNC(=O)c2cc3c(cc2CS(C)(=O)=O)-c2cn(C)c(=O)c4[nH]cc(c24)CN3c2ncc(F)cc2F)C(C)(C)C)cc1. The first-order chi connectivity index (χ1) is 67.3. The number of fused-ring (bicyclic) bond motifs is 4. The molecule has 0 spiro atoms. The van der Waals surface area contributed by atoms with Crippen LogP contribution in [0.15, 0.2) is 113 Å². The van der Waals surface area contributed by atoms with Crippen molar-refractivity contribution in [1.29, 1.82) is 0 Å². The fraction of sp³-hybridized carbons (Fsp3) is 0.453. The molecular weight excluding hydrogens is 1960 g/mol. The van der Waals surface area contributed by atoms with Crippen molar-refractivity contribution in [2.75, 3.05) is 147 Å². The van der Waals surface area contributed by atoms with Crippen molar-refractivity contribution in [2.24, 2.45) is 19.5 Å². The lowest BCUT2D eigenvalue weighted by Gasteiger charge is -2.35. The second kappa shape index (κ2) is 46.5. The molecule has 0 radical (unpaired) electrons. The average molecular weight is 2070 g/mol. The van der Waals surface area contributed by atoms with Gasteiger partial charge in [-0.25, -0.2) is 62.6 Å². The molecular formula is C95H113F4N15O23S5. The molecule has 3 aliphatic rings. The Balaban J connectivity index is 0.601. The number of aromatic amines is 2. The Bertz CT molecular complexity index is 6590. The molecule has 0 bridgehead atoms. The highest BCUT2D eigenvalue weighted by Gasteiger charge is 2.47. The lowest BCUT2D eigenvalue weighted by molar-refractivity contribution is -0.144. The number of amides is 6. The van der Waals surface area contributed by atoms with Crippen LogP contribution in [0.25, 0.3) is 54.5 Å². The summed E-state index contributed by atoms with van der Waals surface area (Å²) in [7, 11) is -7.47. The lowest BCUT2D eigenvalue weighted by Crippen LogP contribution is -2.57. The number of likely N-dealkylation sites (tertiary alicyclic amines) is 1. The zero-order chi connectivity index (χ0) is 102. The molecule has 10 heterocycles. The van der Waals surface area contributed by atoms with Crippen molar-refractivity contribution in [3.8, 4) is 32.7 Å². The number of pyridine rings is 4. The molecule has 0 unspecified atom stereocenters. The van der Waals surface area contributed by atoms with E-state index in [1.165, 1.54) is 78.4 Å². The number of hydrogen-bond donors (Lipinski definition) is 6. The number of halogens is 4. The third-order valence-corrected chi connectivity index (χ3v) is 29.2. The molecule has 142 heavy (non-hydrogen) atoms. The summed E-state index contributed by atoms with van der Waals surface area (Å²) in [5.41, 5.74) is 6.27. The van der Waals surface area contributed by atoms with Crippen LogP contribution in [0.5, 0.6) is 0 Å². The van der Waals surface area contributed by atoms with Crippen LogP contribution in [0.3, 0.4) is 0 Å². The topological polar surface area (TPSA) is 471 Å². The van der Waals surface area contributed by atoms with Gasteiger partial charge < -0.3 is 97.9 Å². The highest BCUT2D eigenvalue weighted by molar-refractivity contribution is 8.72. The van der Waals surface area contributed by atoms with E-state index in [4.69, 9.17) is 37.9 Å². The van der Waals surface area contributed by atoms with Gasteiger partial charge in [0.25, 0.3) is 22.9 Å². The summed E-state index contributed by atoms with van der Waals surface area (Å²) in [4.78, 5) is 151. The highest BCUT2D eigenvalue weighted by atomic mass is 33.1. The third kappa shape index (κ3) is 27.7. The molecule has 13 rings (SSSR count). The van der Waals surface area contributed by atoms with Crippen LogP contribution in [0, 0.1) is 35.6 Å². The molecule has 1 saturated heterocycles. The van der Waals surface area contributed by atoms with Crippen LogP contribution >= 0.6 is 22.1 Å². The number of hydrogen-bond acceptors (Lipinski definition) is 30. The van der Waals surface area contributed by atoms with Gasteiger partial charge in [-0.05, 0) is 101 Å². The minimum absolute atomic E-state index is 0.0101. The summed E-state index contributed by atoms with van der Waals surface area (Å²) in [5, 5.41) is 12.3. The number of benzene rings is 3. The van der Waals surface area contributed by atoms with E-state index in [1.807, 2.05) is 31.2 Å². The monoisotopic (exact) mass is 2070 g/mol. The van der Waals surface area contributed by atoms with Crippen molar-refractivity contribution < 1.29 is 114 Å². The van der Waals surface area contributed by atoms with E-state index >= 15 is 13.6 Å². The van der Waals surface area contributed by atoms with E-state index < -0.39 is 127 Å². The molecule has 1 fully saturated rings. The first kappa shape index (κ1) is 107. The number of aryl methyl sites for hydroxylation is 3. The number of ether oxygens (including phenoxy) is 8. The van der Waals surface area contributed by atoms with Gasteiger partial charge in [-0.3, -0.25) is 38.4 Å². The van der Waals surface area contributed by atoms with Crippen LogP contribution in [-0.4, -0.2) is 271 Å². The molecule has 3 aromatic carbocycles. The number of aromatic nitrogens is 7. The van der Waals surface area contributed by atoms with Gasteiger partial charge in [0.1, 0.15) is 47.5 Å². The molecule has 6 N–H and O–H groups in total. The summed E-state index contributed by atoms with van der Waals surface area (Å²) in [5.74, 6) is -9.27. The fourth-order valence-electron chi connectivity index (χ4n) is 16.9. The molecule has 764 valence electrons. The van der Waals surface area contributed by atoms with E-state index in [9.17, 15) is 72.4 Å². The summed E-state index contributed by atoms with van der Waals surface area (Å²) in [6.45, 7) is 10.0. The Morgan fingerprint density at radius 2 is 1.08 bits per heavy atom. The molecule has 3 atom stereocenters. The van der Waals surface area contributed by atoms with Gasteiger partial charge in [0, 0.05) is 166 Å². The summed E-state index contributed by atoms with van der Waals surface area (Å²) in [6.07, 6.45) is 8.24. The van der Waals surface area contributed by atoms with Crippen LogP contribution in [-0.2, 0) is 131 Å². The molecule has 7 aromatic heterocycles. The standard InChI is InChI=1S/C95H113F4N15O23S5/c1-56-83(138-55-107-56)58-17-15-57(16-18-58)42-106-89(119)76-39-65(137-93(123)136-54-95(5,6)139-142(11,128)129)49-114(76)92(122)84(94(2,3)4)108-77(115)13-12-14-78(116)111(21-25-132-29-33-134-31-27-130-23-19-100-87(117)66-40-74-68(35-59(66)52-140(9,124)125)70-50-109(7)90(120)81-79(70)61(43-102-81)47-112(74)85-72(98)37-63(96)45-104-85)22-26-133-30-34-135-32-28-131-24-20-101-88(118)67-41-75-69(36-60(67)53-141(10,126)127)71-51-110(8)91(121)82-80(71)62(44-103-82)48-113(75)86-73(99)38-64(97)46-105-86/h15-18,35-38,40-41,43-46,50-51,55,65,76,84,102-103H,12-14,19-34,39,42,47-49,52-54H2,1-11H3,(H,100,117)(H,101,118)(H,106,119)(H,108,115)/t65-,76+,84-/m1/s1. The summed E-state index contributed by atoms with van der Waals surface area (Å²) in [6, 6.07) is 12.2. The second-order valence-electron chi connectivity index (χ2n) is 36.4. The Morgan fingerprint density at radius 3 is 1.52 bits per heavy atom. The number of sulfone groups is 2. The number of nitrogens with zero attached hydrogens (tertiary/aromatic N) is 9. The number of anilines is 4. The number of H-pyrrole nitrogens is 2. The molecule has 6 amide bonds. The average Bonchev–Trinajstić information content (AvgIpc) is 1.57. The van der Waals surface area contributed by atoms with Gasteiger partial charge in [0.05, 0.1) is 155 Å². The maximum atomic E-state index is 15.8. The van der Waals surface area contributed by atoms with Crippen molar-refractivity contribution in [3.05, 3.63) is 192 Å². The number of carbonyl (C=O) groups excluding carboxylic acids is 7. The van der Waals surface area contributed by atoms with Gasteiger partial charge in [-0.2, -0.15) is 0 Å². The van der Waals surface area contributed by atoms with E-state index in [1.54, 1.807) is 64.9 Å². The highest BCUT2D eigenvalue weighted by Crippen LogP contribution is 2.48. The predicted octanol–water partition coefficient (Wildman–Crippen LogP) is 9.25. The van der Waals surface area contributed by atoms with Gasteiger partial charge in [-0.15, -0.1) is 11.3 Å². The van der Waals surface area contributed by atoms with Crippen molar-refractivity contribution >= 4 is 137 Å². The number of rotatable bonds is 47. The smallest absolute Gasteiger partial charge is 0.433 e. The first-order valence-electron chi connectivity index (χ1n) is 45.5. The normalized spacial score (nSPS) is 14.5. The van der Waals surface area contributed by atoms with Crippen LogP contribution in [0.4, 0.5) is 45.4 Å². The molecule has 10 aromatic rings. The van der Waals surface area contributed by atoms with Crippen molar-refractivity contribution in [3.63, 3.8) is 0 Å². The van der Waals surface area contributed by atoms with Crippen LogP contribution in [0.1, 0.15) is 115 Å². The van der Waals surface area contributed by atoms with E-state index in [2.05, 4.69) is 46.2 Å². The molecule has 0 saturated carbocycles. The fourth-order valence-corrected chi connectivity index (χ4v) is 22.9. The van der Waals surface area contributed by atoms with Gasteiger partial charge in [-0.1, -0.05) is 45.0 Å². The zero-order valence-corrected chi connectivity index (χ0v) is 84.2. The van der Waals surface area contributed by atoms with E-state index in [0.29, 0.717) is 67.1 Å². The second-order valence-corrected chi connectivity index (χ2v) is 46.5. The summed E-state index contributed by atoms with van der Waals surface area (Å²) >= 11 is 1.49. The van der Waals surface area contributed by atoms with Crippen LogP contribution in [0.2, 0.25) is 0 Å². The minimum atomic E-state index is -3.80. The van der Waals surface area contributed by atoms with Crippen molar-refractivity contribution in [1.82, 2.24) is 65.1 Å². The molecule has 38 nitrogen and oxygen atoms in total. The lowest BCUT2D eigenvalue weighted by atomic mass is 9.85. The zero-order valence-electron chi connectivity index (χ0n) is 80.1. The van der Waals surface area contributed by atoms with Crippen molar-refractivity contribution in [2.45, 2.75) is 121 Å². The Kier molecular flexibility index (Phi) is 35.1. The van der Waals surface area contributed by atoms with Gasteiger partial charge in [0.2, 0.25) is 23.6 Å². The molecule has 47 heteroatoms. The number of nitrogens with one attached hydrogen (secondary N) is 6. The Labute approximate surface area is 824 Å². The Morgan fingerprint density at radius 1 is 0.606 bits per heavy atom. The minimum Gasteiger partial charge on any atom is -0.433 e. The summed E-state index contributed by atoms with van der Waals surface area (Å²) < 4.78 is 184. The quantitative estimate of drug-likeness (QED) is 0.00895. The van der Waals surface area contributed by atoms with Gasteiger partial charge in [0.15, 0.2) is 51.8 Å². The number of carbonyl (C=O) groups is 7. The Hall–Kier alpha value is -12.1. The number of thiazole rings is 1. The van der Waals surface area contributed by atoms with Crippen LogP contribution < -0.4 is 42.2 Å². The maximum Gasteiger partial charge on any atom is 0.508 e. The third-order valence-electron chi connectivity index (χ3n) is 23.4. The van der Waals surface area contributed by atoms with Gasteiger partial charge >= 0.3 is 6.16 Å². The largest absolute Gasteiger partial charge is 0.508 e. The predicted molar refractivity (Wildman–Crippen MR) is 523 cm³/mol.